The van der Waals surface area contributed by atoms with Gasteiger partial charge in [0.05, 0.1) is 11.9 Å². The first kappa shape index (κ1) is 14.2. The lowest BCUT2D eigenvalue weighted by atomic mass is 10.3. The molecule has 0 aliphatic rings. The lowest BCUT2D eigenvalue weighted by molar-refractivity contribution is -0.138. The van der Waals surface area contributed by atoms with Crippen LogP contribution in [-0.2, 0) is 11.8 Å². The number of aliphatic carboxylic acids is 1. The largest absolute Gasteiger partial charge is 0.480 e. The van der Waals surface area contributed by atoms with Crippen molar-refractivity contribution in [2.75, 3.05) is 0 Å². The maximum absolute atomic E-state index is 12.0. The van der Waals surface area contributed by atoms with Crippen LogP contribution in [0.1, 0.15) is 22.3 Å². The van der Waals surface area contributed by atoms with E-state index >= 15 is 0 Å². The summed E-state index contributed by atoms with van der Waals surface area (Å²) < 4.78 is 1.65. The average Bonchev–Trinajstić information content (AvgIpc) is 2.95. The molecule has 2 aromatic rings. The van der Waals surface area contributed by atoms with E-state index in [9.17, 15) is 9.59 Å². The monoisotopic (exact) mass is 294 g/mol. The first-order valence-electron chi connectivity index (χ1n) is 5.88. The molecule has 0 saturated carbocycles. The summed E-state index contributed by atoms with van der Waals surface area (Å²) in [5.74, 6) is -1.50. The van der Waals surface area contributed by atoms with Crippen molar-refractivity contribution in [3.8, 4) is 10.6 Å². The molecule has 7 nitrogen and oxygen atoms in total. The van der Waals surface area contributed by atoms with Gasteiger partial charge in [0, 0.05) is 18.8 Å². The topological polar surface area (TPSA) is 97.1 Å². The van der Waals surface area contributed by atoms with Crippen LogP contribution < -0.4 is 5.32 Å². The predicted octanol–water partition coefficient (Wildman–Crippen LogP) is 1.05. The minimum Gasteiger partial charge on any atom is -0.480 e. The highest BCUT2D eigenvalue weighted by Gasteiger charge is 2.20. The Kier molecular flexibility index (Phi) is 3.84. The van der Waals surface area contributed by atoms with E-state index in [1.54, 1.807) is 31.0 Å². The number of hydrogen-bond donors (Lipinski definition) is 2. The number of aryl methyl sites for hydroxylation is 2. The molecule has 0 aromatic carbocycles. The van der Waals surface area contributed by atoms with Gasteiger partial charge >= 0.3 is 5.97 Å². The molecular formula is C12H14N4O3S. The Morgan fingerprint density at radius 1 is 1.50 bits per heavy atom. The van der Waals surface area contributed by atoms with E-state index in [4.69, 9.17) is 5.11 Å². The molecule has 106 valence electrons. The van der Waals surface area contributed by atoms with Crippen LogP contribution in [0.5, 0.6) is 0 Å². The first-order chi connectivity index (χ1) is 9.38. The summed E-state index contributed by atoms with van der Waals surface area (Å²) in [6.45, 7) is 3.13. The van der Waals surface area contributed by atoms with Crippen molar-refractivity contribution in [1.82, 2.24) is 20.1 Å². The maximum atomic E-state index is 12.0. The van der Waals surface area contributed by atoms with Crippen molar-refractivity contribution >= 4 is 23.2 Å². The normalized spacial score (nSPS) is 12.2. The van der Waals surface area contributed by atoms with Gasteiger partial charge in [-0.15, -0.1) is 11.3 Å². The standard InChI is InChI=1S/C12H14N4O3S/c1-6-9(10(17)14-7(2)12(18)19)20-11(15-6)8-4-13-16(3)5-8/h4-5,7H,1-3H3,(H,14,17)(H,18,19)/t7-/m0/s1. The highest BCUT2D eigenvalue weighted by Crippen LogP contribution is 2.27. The second kappa shape index (κ2) is 5.41. The van der Waals surface area contributed by atoms with E-state index in [2.05, 4.69) is 15.4 Å². The Morgan fingerprint density at radius 2 is 2.20 bits per heavy atom. The fourth-order valence-corrected chi connectivity index (χ4v) is 2.53. The molecule has 0 spiro atoms. The van der Waals surface area contributed by atoms with E-state index in [1.165, 1.54) is 18.3 Å². The zero-order valence-electron chi connectivity index (χ0n) is 11.2. The zero-order valence-corrected chi connectivity index (χ0v) is 12.1. The summed E-state index contributed by atoms with van der Waals surface area (Å²) >= 11 is 1.22. The summed E-state index contributed by atoms with van der Waals surface area (Å²) in [7, 11) is 1.80. The summed E-state index contributed by atoms with van der Waals surface area (Å²) in [4.78, 5) is 27.5. The Hall–Kier alpha value is -2.22. The van der Waals surface area contributed by atoms with E-state index in [1.807, 2.05) is 0 Å². The molecule has 2 rings (SSSR count). The van der Waals surface area contributed by atoms with Crippen molar-refractivity contribution in [3.05, 3.63) is 23.0 Å². The van der Waals surface area contributed by atoms with Crippen LogP contribution in [0.3, 0.4) is 0 Å². The number of nitrogens with zero attached hydrogens (tertiary/aromatic N) is 3. The number of carboxylic acid groups (broad SMARTS) is 1. The van der Waals surface area contributed by atoms with Gasteiger partial charge in [0.2, 0.25) is 0 Å². The second-order valence-corrected chi connectivity index (χ2v) is 5.37. The van der Waals surface area contributed by atoms with Crippen LogP contribution in [0, 0.1) is 6.92 Å². The molecule has 0 aliphatic heterocycles. The molecule has 8 heteroatoms. The molecule has 0 bridgehead atoms. The van der Waals surface area contributed by atoms with Gasteiger partial charge in [0.25, 0.3) is 5.91 Å². The summed E-state index contributed by atoms with van der Waals surface area (Å²) in [6.07, 6.45) is 3.47. The second-order valence-electron chi connectivity index (χ2n) is 4.37. The van der Waals surface area contributed by atoms with E-state index in [-0.39, 0.29) is 0 Å². The number of thiazole rings is 1. The highest BCUT2D eigenvalue weighted by molar-refractivity contribution is 7.17. The summed E-state index contributed by atoms with van der Waals surface area (Å²) in [5.41, 5.74) is 1.40. The van der Waals surface area contributed by atoms with Crippen molar-refractivity contribution in [2.45, 2.75) is 19.9 Å². The number of carbonyl (C=O) groups is 2. The van der Waals surface area contributed by atoms with Gasteiger partial charge in [0.15, 0.2) is 0 Å². The average molecular weight is 294 g/mol. The first-order valence-corrected chi connectivity index (χ1v) is 6.70. The number of hydrogen-bond acceptors (Lipinski definition) is 5. The van der Waals surface area contributed by atoms with E-state index < -0.39 is 17.9 Å². The molecule has 1 amide bonds. The molecule has 0 aliphatic carbocycles. The van der Waals surface area contributed by atoms with Gasteiger partial charge in [-0.25, -0.2) is 4.98 Å². The van der Waals surface area contributed by atoms with E-state index in [0.29, 0.717) is 15.6 Å². The number of aromatic nitrogens is 3. The fraction of sp³-hybridized carbons (Fsp3) is 0.333. The lowest BCUT2D eigenvalue weighted by Crippen LogP contribution is -2.38. The van der Waals surface area contributed by atoms with Crippen LogP contribution in [0.2, 0.25) is 0 Å². The van der Waals surface area contributed by atoms with Crippen LogP contribution in [0.15, 0.2) is 12.4 Å². The highest BCUT2D eigenvalue weighted by atomic mass is 32.1. The molecule has 0 radical (unpaired) electrons. The van der Waals surface area contributed by atoms with Crippen molar-refractivity contribution < 1.29 is 14.7 Å². The minimum atomic E-state index is -1.08. The molecule has 2 aromatic heterocycles. The minimum absolute atomic E-state index is 0.414. The SMILES string of the molecule is Cc1nc(-c2cnn(C)c2)sc1C(=O)N[C@@H](C)C(=O)O. The van der Waals surface area contributed by atoms with Crippen molar-refractivity contribution in [2.24, 2.45) is 7.05 Å². The number of rotatable bonds is 4. The molecule has 1 atom stereocenters. The van der Waals surface area contributed by atoms with Crippen molar-refractivity contribution in [3.63, 3.8) is 0 Å². The number of amides is 1. The van der Waals surface area contributed by atoms with Gasteiger partial charge < -0.3 is 10.4 Å². The number of carboxylic acids is 1. The third kappa shape index (κ3) is 2.85. The Bertz CT molecular complexity index is 661. The molecular weight excluding hydrogens is 280 g/mol. The molecule has 0 fully saturated rings. The Morgan fingerprint density at radius 3 is 2.75 bits per heavy atom. The third-order valence-electron chi connectivity index (χ3n) is 2.67. The summed E-state index contributed by atoms with van der Waals surface area (Å²) in [6, 6.07) is -0.939. The molecule has 20 heavy (non-hydrogen) atoms. The molecule has 0 unspecified atom stereocenters. The molecule has 0 saturated heterocycles. The third-order valence-corrected chi connectivity index (χ3v) is 3.88. The Balaban J connectivity index is 2.23. The van der Waals surface area contributed by atoms with Crippen LogP contribution in [0.4, 0.5) is 0 Å². The zero-order chi connectivity index (χ0) is 14.9. The lowest BCUT2D eigenvalue weighted by Gasteiger charge is -2.07. The number of carbonyl (C=O) groups excluding carboxylic acids is 1. The van der Waals surface area contributed by atoms with Crippen LogP contribution in [0.25, 0.3) is 10.6 Å². The Labute approximate surface area is 119 Å². The summed E-state index contributed by atoms with van der Waals surface area (Å²) in [5, 5.41) is 16.0. The van der Waals surface area contributed by atoms with Crippen LogP contribution in [-0.4, -0.2) is 37.8 Å². The fourth-order valence-electron chi connectivity index (χ4n) is 1.59. The van der Waals surface area contributed by atoms with Crippen LogP contribution >= 0.6 is 11.3 Å². The predicted molar refractivity (Wildman–Crippen MR) is 73.6 cm³/mol. The van der Waals surface area contributed by atoms with Gasteiger partial charge in [-0.05, 0) is 13.8 Å². The van der Waals surface area contributed by atoms with Gasteiger partial charge in [0.1, 0.15) is 15.9 Å². The maximum Gasteiger partial charge on any atom is 0.325 e. The van der Waals surface area contributed by atoms with Crippen molar-refractivity contribution in [1.29, 1.82) is 0 Å². The number of nitrogens with one attached hydrogen (secondary N) is 1. The molecule has 2 N–H and O–H groups in total. The van der Waals surface area contributed by atoms with E-state index in [0.717, 1.165) is 5.56 Å². The van der Waals surface area contributed by atoms with Gasteiger partial charge in [-0.3, -0.25) is 14.3 Å². The van der Waals surface area contributed by atoms with Gasteiger partial charge in [-0.1, -0.05) is 0 Å². The smallest absolute Gasteiger partial charge is 0.325 e. The quantitative estimate of drug-likeness (QED) is 0.878. The molecule has 2 heterocycles. The van der Waals surface area contributed by atoms with Gasteiger partial charge in [-0.2, -0.15) is 5.10 Å².